The number of rotatable bonds is 1. The van der Waals surface area contributed by atoms with Crippen LogP contribution >= 0.6 is 11.6 Å². The van der Waals surface area contributed by atoms with E-state index in [9.17, 15) is 18.8 Å². The van der Waals surface area contributed by atoms with E-state index in [2.05, 4.69) is 5.32 Å². The van der Waals surface area contributed by atoms with Crippen LogP contribution in [0, 0.1) is 24.6 Å². The van der Waals surface area contributed by atoms with Crippen molar-refractivity contribution in [1.82, 2.24) is 4.90 Å². The monoisotopic (exact) mass is 439 g/mol. The van der Waals surface area contributed by atoms with E-state index in [0.717, 1.165) is 12.0 Å². The Morgan fingerprint density at radius 2 is 1.94 bits per heavy atom. The van der Waals surface area contributed by atoms with Gasteiger partial charge in [-0.15, -0.1) is 0 Å². The van der Waals surface area contributed by atoms with Crippen LogP contribution in [0.5, 0.6) is 0 Å². The first-order valence-corrected chi connectivity index (χ1v) is 10.8. The van der Waals surface area contributed by atoms with Gasteiger partial charge in [0.15, 0.2) is 0 Å². The number of fused-ring (bicyclic) bond motifs is 7. The van der Waals surface area contributed by atoms with Gasteiger partial charge in [0.05, 0.1) is 17.5 Å². The molecule has 2 aromatic rings. The minimum absolute atomic E-state index is 0.245. The van der Waals surface area contributed by atoms with E-state index in [-0.39, 0.29) is 17.9 Å². The summed E-state index contributed by atoms with van der Waals surface area (Å²) in [5, 5.41) is 3.26. The van der Waals surface area contributed by atoms with Gasteiger partial charge in [-0.3, -0.25) is 19.3 Å². The first-order valence-electron chi connectivity index (χ1n) is 10.4. The van der Waals surface area contributed by atoms with Gasteiger partial charge in [-0.05, 0) is 62.2 Å². The summed E-state index contributed by atoms with van der Waals surface area (Å²) in [6.07, 6.45) is 1.52. The number of hydrogen-bond donors (Lipinski definition) is 1. The molecule has 0 unspecified atom stereocenters. The van der Waals surface area contributed by atoms with Gasteiger partial charge in [0.1, 0.15) is 11.4 Å². The molecule has 0 saturated carbocycles. The highest BCUT2D eigenvalue weighted by Gasteiger charge is 2.74. The van der Waals surface area contributed by atoms with Gasteiger partial charge < -0.3 is 5.32 Å². The molecule has 1 spiro atoms. The third kappa shape index (κ3) is 2.18. The molecule has 3 amide bonds. The maximum Gasteiger partial charge on any atom is 0.250 e. The fourth-order valence-electron chi connectivity index (χ4n) is 6.24. The molecule has 0 bridgehead atoms. The van der Waals surface area contributed by atoms with Gasteiger partial charge in [0, 0.05) is 22.3 Å². The number of carbonyl (C=O) groups excluding carboxylic acids is 3. The van der Waals surface area contributed by atoms with Crippen LogP contribution in [0.15, 0.2) is 36.4 Å². The quantitative estimate of drug-likeness (QED) is 0.693. The molecule has 2 aromatic carbocycles. The molecule has 0 radical (unpaired) electrons. The zero-order chi connectivity index (χ0) is 21.7. The van der Waals surface area contributed by atoms with Crippen LogP contribution in [0.2, 0.25) is 5.02 Å². The second kappa shape index (κ2) is 6.14. The molecule has 4 aliphatic rings. The highest BCUT2D eigenvalue weighted by Crippen LogP contribution is 2.60. The molecule has 0 aliphatic carbocycles. The first kappa shape index (κ1) is 19.0. The van der Waals surface area contributed by atoms with E-state index in [0.29, 0.717) is 34.9 Å². The minimum atomic E-state index is -1.38. The number of nitrogens with zero attached hydrogens (tertiary/aromatic N) is 2. The molecule has 8 heteroatoms. The summed E-state index contributed by atoms with van der Waals surface area (Å²) in [5.74, 6) is -3.15. The van der Waals surface area contributed by atoms with Gasteiger partial charge >= 0.3 is 0 Å². The molecule has 6 nitrogen and oxygen atoms in total. The number of nitrogens with one attached hydrogen (secondary N) is 1. The summed E-state index contributed by atoms with van der Waals surface area (Å²) in [7, 11) is 0. The lowest BCUT2D eigenvalue weighted by atomic mass is 9.75. The van der Waals surface area contributed by atoms with Crippen molar-refractivity contribution in [3.8, 4) is 0 Å². The lowest BCUT2D eigenvalue weighted by Crippen LogP contribution is -2.54. The Morgan fingerprint density at radius 1 is 1.13 bits per heavy atom. The summed E-state index contributed by atoms with van der Waals surface area (Å²) < 4.78 is 14.3. The lowest BCUT2D eigenvalue weighted by Gasteiger charge is -2.36. The van der Waals surface area contributed by atoms with E-state index in [1.165, 1.54) is 23.1 Å². The number of anilines is 2. The predicted molar refractivity (Wildman–Crippen MR) is 112 cm³/mol. The predicted octanol–water partition coefficient (Wildman–Crippen LogP) is 3.22. The maximum absolute atomic E-state index is 14.3. The molecular formula is C23H19ClFN3O3. The van der Waals surface area contributed by atoms with Crippen molar-refractivity contribution in [3.05, 3.63) is 58.4 Å². The Balaban J connectivity index is 1.58. The molecule has 4 heterocycles. The van der Waals surface area contributed by atoms with Crippen molar-refractivity contribution in [2.45, 2.75) is 31.3 Å². The maximum atomic E-state index is 14.3. The summed E-state index contributed by atoms with van der Waals surface area (Å²) in [6.45, 7) is 2.39. The molecule has 3 saturated heterocycles. The third-order valence-electron chi connectivity index (χ3n) is 7.37. The summed E-state index contributed by atoms with van der Waals surface area (Å²) in [6, 6.07) is 8.97. The number of benzene rings is 2. The number of amides is 3. The Hall–Kier alpha value is -2.77. The average Bonchev–Trinajstić information content (AvgIpc) is 3.43. The summed E-state index contributed by atoms with van der Waals surface area (Å²) in [5.41, 5.74) is 0.746. The Labute approximate surface area is 183 Å². The van der Waals surface area contributed by atoms with E-state index in [1.807, 2.05) is 11.8 Å². The van der Waals surface area contributed by atoms with E-state index in [1.54, 1.807) is 18.2 Å². The summed E-state index contributed by atoms with van der Waals surface area (Å²) in [4.78, 5) is 44.2. The molecular weight excluding hydrogens is 421 g/mol. The second-order valence-corrected chi connectivity index (χ2v) is 9.20. The van der Waals surface area contributed by atoms with Gasteiger partial charge in [0.2, 0.25) is 17.7 Å². The number of aryl methyl sites for hydroxylation is 1. The third-order valence-corrected chi connectivity index (χ3v) is 7.60. The molecule has 4 atom stereocenters. The standard InChI is InChI=1S/C23H19ClFN3O3/c1-11-4-5-12(24)9-17(11)28-20(29)18-16-3-2-8-27(16)23(19(18)21(28)30)14-10-13(25)6-7-15(14)26-22(23)31/h4-7,9-10,16,18-19H,2-3,8H2,1H3,(H,26,31)/t16-,18+,19+,23+/m0/s1. The number of halogens is 2. The van der Waals surface area contributed by atoms with Crippen molar-refractivity contribution in [1.29, 1.82) is 0 Å². The number of hydrogen-bond acceptors (Lipinski definition) is 4. The normalized spacial score (nSPS) is 31.4. The highest BCUT2D eigenvalue weighted by atomic mass is 35.5. The van der Waals surface area contributed by atoms with Crippen LogP contribution in [-0.4, -0.2) is 35.2 Å². The highest BCUT2D eigenvalue weighted by molar-refractivity contribution is 6.32. The van der Waals surface area contributed by atoms with Gasteiger partial charge in [-0.1, -0.05) is 17.7 Å². The average molecular weight is 440 g/mol. The van der Waals surface area contributed by atoms with Crippen LogP contribution in [0.1, 0.15) is 24.0 Å². The zero-order valence-electron chi connectivity index (χ0n) is 16.7. The van der Waals surface area contributed by atoms with E-state index >= 15 is 0 Å². The number of imide groups is 1. The van der Waals surface area contributed by atoms with Crippen LogP contribution in [0.3, 0.4) is 0 Å². The molecule has 1 N–H and O–H groups in total. The van der Waals surface area contributed by atoms with Gasteiger partial charge in [0.25, 0.3) is 0 Å². The van der Waals surface area contributed by atoms with Crippen molar-refractivity contribution in [2.24, 2.45) is 11.8 Å². The first-order chi connectivity index (χ1) is 14.9. The Kier molecular flexibility index (Phi) is 3.76. The molecule has 3 fully saturated rings. The number of carbonyl (C=O) groups is 3. The molecule has 158 valence electrons. The smallest absolute Gasteiger partial charge is 0.250 e. The fraction of sp³-hybridized carbons (Fsp3) is 0.348. The van der Waals surface area contributed by atoms with E-state index in [4.69, 9.17) is 11.6 Å². The van der Waals surface area contributed by atoms with Crippen molar-refractivity contribution >= 4 is 40.7 Å². The minimum Gasteiger partial charge on any atom is -0.324 e. The van der Waals surface area contributed by atoms with Gasteiger partial charge in [-0.2, -0.15) is 0 Å². The zero-order valence-corrected chi connectivity index (χ0v) is 17.4. The van der Waals surface area contributed by atoms with Crippen LogP contribution < -0.4 is 10.2 Å². The van der Waals surface area contributed by atoms with Crippen molar-refractivity contribution in [3.63, 3.8) is 0 Å². The topological polar surface area (TPSA) is 69.7 Å². The summed E-state index contributed by atoms with van der Waals surface area (Å²) >= 11 is 6.17. The van der Waals surface area contributed by atoms with Gasteiger partial charge in [-0.25, -0.2) is 9.29 Å². The molecule has 31 heavy (non-hydrogen) atoms. The fourth-order valence-corrected chi connectivity index (χ4v) is 6.40. The molecule has 0 aromatic heterocycles. The largest absolute Gasteiger partial charge is 0.324 e. The van der Waals surface area contributed by atoms with Crippen LogP contribution in [-0.2, 0) is 19.9 Å². The second-order valence-electron chi connectivity index (χ2n) is 8.76. The Bertz CT molecular complexity index is 1200. The van der Waals surface area contributed by atoms with E-state index < -0.39 is 29.1 Å². The lowest BCUT2D eigenvalue weighted by molar-refractivity contribution is -0.135. The van der Waals surface area contributed by atoms with Crippen LogP contribution in [0.4, 0.5) is 15.8 Å². The van der Waals surface area contributed by atoms with Crippen molar-refractivity contribution < 1.29 is 18.8 Å². The van der Waals surface area contributed by atoms with Crippen LogP contribution in [0.25, 0.3) is 0 Å². The SMILES string of the molecule is Cc1ccc(Cl)cc1N1C(=O)[C@@H]2[C@@H]3CCCN3[C@@]3(C(=O)Nc4ccc(F)cc43)[C@H]2C1=O. The Morgan fingerprint density at radius 3 is 2.74 bits per heavy atom. The molecule has 6 rings (SSSR count). The molecule has 4 aliphatic heterocycles. The van der Waals surface area contributed by atoms with Crippen molar-refractivity contribution in [2.75, 3.05) is 16.8 Å².